The molecule has 1 amide bonds. The number of hydrogen-bond donors (Lipinski definition) is 0. The van der Waals surface area contributed by atoms with E-state index in [0.29, 0.717) is 12.1 Å². The van der Waals surface area contributed by atoms with Gasteiger partial charge in [0.2, 0.25) is 0 Å². The molecule has 0 aromatic heterocycles. The quantitative estimate of drug-likeness (QED) is 0.335. The van der Waals surface area contributed by atoms with Crippen molar-refractivity contribution in [3.63, 3.8) is 0 Å². The number of benzene rings is 2. The van der Waals surface area contributed by atoms with Crippen molar-refractivity contribution in [1.29, 1.82) is 0 Å². The van der Waals surface area contributed by atoms with Crippen LogP contribution < -0.4 is 9.86 Å². The SMILES string of the molecule is O=C1N(F)c2cc(-c3c(F)cc(F)c(F)c3F)ccc2OC1(F)F. The normalized spacial score (nSPS) is 16.0. The highest BCUT2D eigenvalue weighted by Gasteiger charge is 2.51. The van der Waals surface area contributed by atoms with Crippen molar-refractivity contribution in [2.24, 2.45) is 0 Å². The lowest BCUT2D eigenvalue weighted by atomic mass is 10.0. The lowest BCUT2D eigenvalue weighted by molar-refractivity contribution is -0.196. The summed E-state index contributed by atoms with van der Waals surface area (Å²) in [6, 6.07) is 2.17. The van der Waals surface area contributed by atoms with E-state index in [0.717, 1.165) is 6.07 Å². The van der Waals surface area contributed by atoms with E-state index in [2.05, 4.69) is 4.74 Å². The Morgan fingerprint density at radius 1 is 0.958 bits per heavy atom. The lowest BCUT2D eigenvalue weighted by Gasteiger charge is -2.27. The van der Waals surface area contributed by atoms with E-state index in [1.807, 2.05) is 0 Å². The Hall–Kier alpha value is -2.78. The van der Waals surface area contributed by atoms with Gasteiger partial charge in [-0.3, -0.25) is 4.79 Å². The van der Waals surface area contributed by atoms with Gasteiger partial charge in [0, 0.05) is 6.07 Å². The fourth-order valence-electron chi connectivity index (χ4n) is 2.15. The summed E-state index contributed by atoms with van der Waals surface area (Å²) in [5.41, 5.74) is -2.45. The summed E-state index contributed by atoms with van der Waals surface area (Å²) in [4.78, 5) is 11.1. The van der Waals surface area contributed by atoms with Gasteiger partial charge in [0.1, 0.15) is 11.5 Å². The van der Waals surface area contributed by atoms with Crippen LogP contribution in [-0.2, 0) is 4.79 Å². The van der Waals surface area contributed by atoms with Crippen LogP contribution in [0.4, 0.5) is 36.5 Å². The number of nitrogens with zero attached hydrogens (tertiary/aromatic N) is 1. The maximum atomic E-state index is 13.8. The molecule has 0 fully saturated rings. The second kappa shape index (κ2) is 5.11. The van der Waals surface area contributed by atoms with Gasteiger partial charge in [-0.05, 0) is 17.7 Å². The molecule has 0 radical (unpaired) electrons. The van der Waals surface area contributed by atoms with Gasteiger partial charge in [-0.15, -0.1) is 5.12 Å². The molecule has 1 heterocycles. The van der Waals surface area contributed by atoms with Crippen LogP contribution in [0.2, 0.25) is 0 Å². The van der Waals surface area contributed by atoms with Crippen molar-refractivity contribution in [3.05, 3.63) is 47.5 Å². The number of carbonyl (C=O) groups excluding carboxylic acids is 1. The Balaban J connectivity index is 2.18. The van der Waals surface area contributed by atoms with Gasteiger partial charge in [-0.1, -0.05) is 10.5 Å². The third kappa shape index (κ3) is 2.25. The molecule has 0 spiro atoms. The summed E-state index contributed by atoms with van der Waals surface area (Å²) in [7, 11) is 0. The first-order chi connectivity index (χ1) is 11.1. The zero-order chi connectivity index (χ0) is 17.8. The number of fused-ring (bicyclic) bond motifs is 1. The van der Waals surface area contributed by atoms with Crippen LogP contribution in [0.1, 0.15) is 0 Å². The Morgan fingerprint density at radius 2 is 1.62 bits per heavy atom. The maximum absolute atomic E-state index is 13.8. The highest BCUT2D eigenvalue weighted by Crippen LogP contribution is 2.42. The van der Waals surface area contributed by atoms with E-state index < -0.39 is 63.0 Å². The molecule has 0 unspecified atom stereocenters. The number of carbonyl (C=O) groups is 1. The van der Waals surface area contributed by atoms with E-state index >= 15 is 0 Å². The Bertz CT molecular complexity index is 869. The molecule has 2 aromatic carbocycles. The number of ether oxygens (including phenoxy) is 1. The van der Waals surface area contributed by atoms with Crippen LogP contribution in [0.15, 0.2) is 24.3 Å². The molecule has 0 saturated heterocycles. The standard InChI is InChI=1S/C14H4F7NO2/c15-6-4-7(16)11(17)12(18)10(6)5-1-2-9-8(3-5)22(21)13(23)14(19,20)24-9/h1-4H. The third-order valence-electron chi connectivity index (χ3n) is 3.24. The molecule has 0 saturated carbocycles. The van der Waals surface area contributed by atoms with Crippen LogP contribution in [0.25, 0.3) is 11.1 Å². The van der Waals surface area contributed by atoms with E-state index in [-0.39, 0.29) is 6.07 Å². The van der Waals surface area contributed by atoms with Crippen LogP contribution in [0.3, 0.4) is 0 Å². The number of halogens is 7. The highest BCUT2D eigenvalue weighted by molar-refractivity contribution is 5.99. The molecule has 0 atom stereocenters. The number of anilines is 1. The topological polar surface area (TPSA) is 29.5 Å². The van der Waals surface area contributed by atoms with Crippen LogP contribution in [0.5, 0.6) is 5.75 Å². The third-order valence-corrected chi connectivity index (χ3v) is 3.24. The minimum Gasteiger partial charge on any atom is -0.423 e. The van der Waals surface area contributed by atoms with Gasteiger partial charge >= 0.3 is 12.0 Å². The maximum Gasteiger partial charge on any atom is 0.485 e. The summed E-state index contributed by atoms with van der Waals surface area (Å²) in [6.07, 6.45) is -4.46. The van der Waals surface area contributed by atoms with Crippen LogP contribution in [-0.4, -0.2) is 12.0 Å². The predicted octanol–water partition coefficient (Wildman–Crippen LogP) is 4.11. The predicted molar refractivity (Wildman–Crippen MR) is 65.9 cm³/mol. The molecular formula is C14H4F7NO2. The molecule has 0 aliphatic carbocycles. The van der Waals surface area contributed by atoms with Crippen LogP contribution >= 0.6 is 0 Å². The van der Waals surface area contributed by atoms with Gasteiger partial charge in [0.15, 0.2) is 23.2 Å². The minimum atomic E-state index is -4.46. The first-order valence-corrected chi connectivity index (χ1v) is 6.18. The smallest absolute Gasteiger partial charge is 0.423 e. The van der Waals surface area contributed by atoms with Crippen molar-refractivity contribution in [2.45, 2.75) is 6.11 Å². The van der Waals surface area contributed by atoms with Crippen molar-refractivity contribution >= 4 is 11.6 Å². The van der Waals surface area contributed by atoms with Gasteiger partial charge in [-0.25, -0.2) is 17.6 Å². The first kappa shape index (κ1) is 16.1. The second-order valence-electron chi connectivity index (χ2n) is 4.73. The molecule has 0 bridgehead atoms. The van der Waals surface area contributed by atoms with Crippen molar-refractivity contribution in [3.8, 4) is 16.9 Å². The molecule has 2 aromatic rings. The molecule has 10 heteroatoms. The van der Waals surface area contributed by atoms with Gasteiger partial charge in [0.05, 0.1) is 5.56 Å². The zero-order valence-electron chi connectivity index (χ0n) is 11.2. The van der Waals surface area contributed by atoms with Gasteiger partial charge in [0.25, 0.3) is 0 Å². The summed E-state index contributed by atoms with van der Waals surface area (Å²) in [5, 5.41) is -0.960. The van der Waals surface area contributed by atoms with E-state index in [1.54, 1.807) is 0 Å². The van der Waals surface area contributed by atoms with E-state index in [9.17, 15) is 35.6 Å². The summed E-state index contributed by atoms with van der Waals surface area (Å²) >= 11 is 0. The number of alkyl halides is 2. The minimum absolute atomic E-state index is 0.0657. The van der Waals surface area contributed by atoms with Gasteiger partial charge in [-0.2, -0.15) is 8.78 Å². The van der Waals surface area contributed by atoms with Crippen molar-refractivity contribution in [1.82, 2.24) is 0 Å². The highest BCUT2D eigenvalue weighted by atomic mass is 19.3. The number of rotatable bonds is 1. The molecule has 3 rings (SSSR count). The van der Waals surface area contributed by atoms with Crippen molar-refractivity contribution < 1.29 is 40.4 Å². The molecule has 126 valence electrons. The number of amides is 1. The van der Waals surface area contributed by atoms with Crippen LogP contribution in [0, 0.1) is 23.3 Å². The Labute approximate surface area is 128 Å². The molecule has 24 heavy (non-hydrogen) atoms. The second-order valence-corrected chi connectivity index (χ2v) is 4.73. The van der Waals surface area contributed by atoms with E-state index in [1.165, 1.54) is 0 Å². The lowest BCUT2D eigenvalue weighted by Crippen LogP contribution is -2.47. The zero-order valence-corrected chi connectivity index (χ0v) is 11.2. The van der Waals surface area contributed by atoms with E-state index in [4.69, 9.17) is 0 Å². The monoisotopic (exact) mass is 351 g/mol. The van der Waals surface area contributed by atoms with Crippen molar-refractivity contribution in [2.75, 3.05) is 5.12 Å². The molecule has 1 aliphatic heterocycles. The number of hydrogen-bond acceptors (Lipinski definition) is 2. The average Bonchev–Trinajstić information content (AvgIpc) is 2.51. The van der Waals surface area contributed by atoms with Gasteiger partial charge < -0.3 is 4.74 Å². The Morgan fingerprint density at radius 3 is 2.29 bits per heavy atom. The molecule has 1 aliphatic rings. The summed E-state index contributed by atoms with van der Waals surface area (Å²) < 4.78 is 97.6. The molecule has 0 N–H and O–H groups in total. The summed E-state index contributed by atoms with van der Waals surface area (Å²) in [6.45, 7) is 0. The largest absolute Gasteiger partial charge is 0.485 e. The fraction of sp³-hybridized carbons (Fsp3) is 0.0714. The first-order valence-electron chi connectivity index (χ1n) is 6.18. The summed E-state index contributed by atoms with van der Waals surface area (Å²) in [5.74, 6) is -10.3. The fourth-order valence-corrected chi connectivity index (χ4v) is 2.15. The Kier molecular flexibility index (Phi) is 3.43. The molecular weight excluding hydrogens is 347 g/mol. The average molecular weight is 351 g/mol. The molecule has 3 nitrogen and oxygen atoms in total.